The molecule has 0 saturated carbocycles. The molecule has 0 unspecified atom stereocenters. The highest BCUT2D eigenvalue weighted by atomic mass is 79.9. The molecule has 100 valence electrons. The second-order valence-electron chi connectivity index (χ2n) is 4.08. The summed E-state index contributed by atoms with van der Waals surface area (Å²) in [5, 5.41) is 22.6. The molecule has 2 aromatic rings. The van der Waals surface area contributed by atoms with E-state index in [-0.39, 0.29) is 5.69 Å². The summed E-state index contributed by atoms with van der Waals surface area (Å²) in [4.78, 5) is 10.3. The largest absolute Gasteiger partial charge is 0.380 e. The van der Waals surface area contributed by atoms with Crippen molar-refractivity contribution in [3.63, 3.8) is 0 Å². The van der Waals surface area contributed by atoms with Crippen LogP contribution >= 0.6 is 15.9 Å². The van der Waals surface area contributed by atoms with Crippen molar-refractivity contribution < 1.29 is 4.92 Å². The number of nitro groups is 1. The van der Waals surface area contributed by atoms with Gasteiger partial charge in [0.05, 0.1) is 22.2 Å². The zero-order valence-corrected chi connectivity index (χ0v) is 11.9. The molecule has 0 aliphatic carbocycles. The lowest BCUT2D eigenvalue weighted by Gasteiger charge is -2.08. The van der Waals surface area contributed by atoms with Gasteiger partial charge in [-0.15, -0.1) is 0 Å². The maximum absolute atomic E-state index is 10.7. The minimum absolute atomic E-state index is 0.0375. The summed E-state index contributed by atoms with van der Waals surface area (Å²) in [5.74, 6) is 0. The molecule has 0 heterocycles. The molecule has 20 heavy (non-hydrogen) atoms. The average Bonchev–Trinajstić information content (AvgIpc) is 2.46. The highest BCUT2D eigenvalue weighted by Crippen LogP contribution is 2.27. The highest BCUT2D eigenvalue weighted by molar-refractivity contribution is 9.10. The van der Waals surface area contributed by atoms with E-state index in [1.54, 1.807) is 18.2 Å². The number of anilines is 1. The SMILES string of the molecule is N#Cc1ccc(CNc2cc([N+](=O)[O-])ccc2Br)cc1. The van der Waals surface area contributed by atoms with Crippen LogP contribution in [0, 0.1) is 21.4 Å². The van der Waals surface area contributed by atoms with Gasteiger partial charge in [0.15, 0.2) is 0 Å². The number of hydrogen-bond acceptors (Lipinski definition) is 4. The molecule has 0 atom stereocenters. The Morgan fingerprint density at radius 3 is 2.55 bits per heavy atom. The zero-order valence-electron chi connectivity index (χ0n) is 10.3. The van der Waals surface area contributed by atoms with Crippen molar-refractivity contribution in [2.24, 2.45) is 0 Å². The third-order valence-electron chi connectivity index (χ3n) is 2.73. The van der Waals surface area contributed by atoms with Crippen molar-refractivity contribution in [2.75, 3.05) is 5.32 Å². The number of rotatable bonds is 4. The molecular formula is C14H10BrN3O2. The molecule has 0 aliphatic rings. The predicted molar refractivity (Wildman–Crippen MR) is 79.3 cm³/mol. The van der Waals surface area contributed by atoms with Crippen LogP contribution in [0.2, 0.25) is 0 Å². The fourth-order valence-electron chi connectivity index (χ4n) is 1.66. The van der Waals surface area contributed by atoms with Gasteiger partial charge >= 0.3 is 0 Å². The smallest absolute Gasteiger partial charge is 0.271 e. The topological polar surface area (TPSA) is 79.0 Å². The normalized spacial score (nSPS) is 9.80. The molecular weight excluding hydrogens is 322 g/mol. The van der Waals surface area contributed by atoms with Crippen LogP contribution in [-0.2, 0) is 6.54 Å². The summed E-state index contributed by atoms with van der Waals surface area (Å²) in [5.41, 5.74) is 2.28. The second-order valence-corrected chi connectivity index (χ2v) is 4.94. The van der Waals surface area contributed by atoms with E-state index in [1.807, 2.05) is 12.1 Å². The molecule has 1 N–H and O–H groups in total. The quantitative estimate of drug-likeness (QED) is 0.681. The minimum Gasteiger partial charge on any atom is -0.380 e. The molecule has 0 aliphatic heterocycles. The van der Waals surface area contributed by atoms with Gasteiger partial charge in [-0.05, 0) is 39.7 Å². The zero-order chi connectivity index (χ0) is 14.5. The Morgan fingerprint density at radius 2 is 1.95 bits per heavy atom. The monoisotopic (exact) mass is 331 g/mol. The first-order chi connectivity index (χ1) is 9.60. The second kappa shape index (κ2) is 6.17. The molecule has 0 fully saturated rings. The maximum Gasteiger partial charge on any atom is 0.271 e. The Morgan fingerprint density at radius 1 is 1.25 bits per heavy atom. The number of non-ortho nitro benzene ring substituents is 1. The summed E-state index contributed by atoms with van der Waals surface area (Å²) >= 11 is 3.35. The van der Waals surface area contributed by atoms with Crippen LogP contribution in [0.3, 0.4) is 0 Å². The van der Waals surface area contributed by atoms with Crippen LogP contribution in [0.25, 0.3) is 0 Å². The first-order valence-corrected chi connectivity index (χ1v) is 6.56. The third-order valence-corrected chi connectivity index (χ3v) is 3.42. The Hall–Kier alpha value is -2.39. The lowest BCUT2D eigenvalue weighted by atomic mass is 10.1. The first-order valence-electron chi connectivity index (χ1n) is 5.77. The molecule has 0 amide bonds. The van der Waals surface area contributed by atoms with Crippen molar-refractivity contribution in [3.8, 4) is 6.07 Å². The first kappa shape index (κ1) is 14.0. The van der Waals surface area contributed by atoms with Crippen LogP contribution in [0.1, 0.15) is 11.1 Å². The predicted octanol–water partition coefficient (Wildman–Crippen LogP) is 3.84. The molecule has 2 rings (SSSR count). The number of nitrogens with one attached hydrogen (secondary N) is 1. The van der Waals surface area contributed by atoms with Gasteiger partial charge in [-0.25, -0.2) is 0 Å². The van der Waals surface area contributed by atoms with Gasteiger partial charge in [0.1, 0.15) is 0 Å². The Balaban J connectivity index is 2.12. The number of halogens is 1. The summed E-state index contributed by atoms with van der Waals surface area (Å²) < 4.78 is 0.761. The average molecular weight is 332 g/mol. The minimum atomic E-state index is -0.431. The molecule has 0 bridgehead atoms. The Bertz CT molecular complexity index is 678. The molecule has 0 spiro atoms. The van der Waals surface area contributed by atoms with E-state index >= 15 is 0 Å². The summed E-state index contributed by atoms with van der Waals surface area (Å²) in [6, 6.07) is 13.8. The van der Waals surface area contributed by atoms with Crippen LogP contribution < -0.4 is 5.32 Å². The molecule has 6 heteroatoms. The van der Waals surface area contributed by atoms with Gasteiger partial charge in [0.2, 0.25) is 0 Å². The van der Waals surface area contributed by atoms with Crippen LogP contribution in [-0.4, -0.2) is 4.92 Å². The standard InChI is InChI=1S/C14H10BrN3O2/c15-13-6-5-12(18(19)20)7-14(13)17-9-11-3-1-10(8-16)2-4-11/h1-7,17H,9H2. The summed E-state index contributed by atoms with van der Waals surface area (Å²) in [7, 11) is 0. The van der Waals surface area contributed by atoms with Crippen LogP contribution in [0.4, 0.5) is 11.4 Å². The molecule has 5 nitrogen and oxygen atoms in total. The lowest BCUT2D eigenvalue weighted by Crippen LogP contribution is -2.01. The number of hydrogen-bond donors (Lipinski definition) is 1. The Labute approximate surface area is 124 Å². The number of nitrogens with zero attached hydrogens (tertiary/aromatic N) is 2. The Kier molecular flexibility index (Phi) is 4.33. The highest BCUT2D eigenvalue weighted by Gasteiger charge is 2.09. The van der Waals surface area contributed by atoms with Crippen molar-refractivity contribution in [1.29, 1.82) is 5.26 Å². The van der Waals surface area contributed by atoms with Crippen molar-refractivity contribution in [3.05, 3.63) is 68.2 Å². The lowest BCUT2D eigenvalue weighted by molar-refractivity contribution is -0.384. The van der Waals surface area contributed by atoms with Crippen LogP contribution in [0.15, 0.2) is 46.9 Å². The van der Waals surface area contributed by atoms with Gasteiger partial charge in [0.25, 0.3) is 5.69 Å². The van der Waals surface area contributed by atoms with E-state index in [1.165, 1.54) is 12.1 Å². The fourth-order valence-corrected chi connectivity index (χ4v) is 2.04. The number of nitriles is 1. The van der Waals surface area contributed by atoms with E-state index in [9.17, 15) is 10.1 Å². The van der Waals surface area contributed by atoms with E-state index in [4.69, 9.17) is 5.26 Å². The van der Waals surface area contributed by atoms with Crippen molar-refractivity contribution in [1.82, 2.24) is 0 Å². The van der Waals surface area contributed by atoms with E-state index in [0.29, 0.717) is 17.8 Å². The molecule has 0 saturated heterocycles. The summed E-state index contributed by atoms with van der Waals surface area (Å²) in [6.07, 6.45) is 0. The number of nitro benzene ring substituents is 1. The fraction of sp³-hybridized carbons (Fsp3) is 0.0714. The third kappa shape index (κ3) is 3.33. The van der Waals surface area contributed by atoms with E-state index in [0.717, 1.165) is 10.0 Å². The van der Waals surface area contributed by atoms with Crippen LogP contribution in [0.5, 0.6) is 0 Å². The van der Waals surface area contributed by atoms with Gasteiger partial charge in [0, 0.05) is 23.2 Å². The van der Waals surface area contributed by atoms with Crippen molar-refractivity contribution in [2.45, 2.75) is 6.54 Å². The molecule has 0 radical (unpaired) electrons. The number of benzene rings is 2. The summed E-state index contributed by atoms with van der Waals surface area (Å²) in [6.45, 7) is 0.519. The van der Waals surface area contributed by atoms with Gasteiger partial charge in [-0.2, -0.15) is 5.26 Å². The van der Waals surface area contributed by atoms with Gasteiger partial charge < -0.3 is 5.32 Å². The van der Waals surface area contributed by atoms with E-state index in [2.05, 4.69) is 27.3 Å². The molecule has 0 aromatic heterocycles. The van der Waals surface area contributed by atoms with E-state index < -0.39 is 4.92 Å². The van der Waals surface area contributed by atoms with Crippen molar-refractivity contribution >= 4 is 27.3 Å². The maximum atomic E-state index is 10.7. The molecule has 2 aromatic carbocycles. The van der Waals surface area contributed by atoms with Gasteiger partial charge in [-0.3, -0.25) is 10.1 Å². The van der Waals surface area contributed by atoms with Gasteiger partial charge in [-0.1, -0.05) is 12.1 Å².